The zero-order valence-electron chi connectivity index (χ0n) is 12.9. The summed E-state index contributed by atoms with van der Waals surface area (Å²) in [6.45, 7) is 0.608. The summed E-state index contributed by atoms with van der Waals surface area (Å²) in [7, 11) is 1.57. The third kappa shape index (κ3) is 3.18. The molecule has 1 aliphatic rings. The van der Waals surface area contributed by atoms with Crippen molar-refractivity contribution in [2.45, 2.75) is 12.5 Å². The minimum Gasteiger partial charge on any atom is -0.497 e. The van der Waals surface area contributed by atoms with Crippen LogP contribution in [0.25, 0.3) is 0 Å². The van der Waals surface area contributed by atoms with Crippen molar-refractivity contribution in [1.29, 1.82) is 0 Å². The van der Waals surface area contributed by atoms with Gasteiger partial charge < -0.3 is 15.0 Å². The summed E-state index contributed by atoms with van der Waals surface area (Å²) >= 11 is 0. The van der Waals surface area contributed by atoms with Crippen molar-refractivity contribution < 1.29 is 14.3 Å². The number of benzene rings is 2. The molecule has 3 rings (SSSR count). The van der Waals surface area contributed by atoms with Crippen molar-refractivity contribution in [2.75, 3.05) is 18.6 Å². The van der Waals surface area contributed by atoms with Crippen LogP contribution in [0.1, 0.15) is 16.8 Å². The summed E-state index contributed by atoms with van der Waals surface area (Å²) in [5.74, 6) is 0.368. The highest BCUT2D eigenvalue weighted by Gasteiger charge is 2.33. The van der Waals surface area contributed by atoms with Gasteiger partial charge in [0, 0.05) is 17.8 Å². The second-order valence-corrected chi connectivity index (χ2v) is 5.37. The van der Waals surface area contributed by atoms with E-state index in [0.717, 1.165) is 5.69 Å². The van der Waals surface area contributed by atoms with Crippen LogP contribution in [0.4, 0.5) is 5.69 Å². The molecule has 23 heavy (non-hydrogen) atoms. The average molecular weight is 310 g/mol. The lowest BCUT2D eigenvalue weighted by atomic mass is 10.1. The first-order valence-electron chi connectivity index (χ1n) is 7.50. The van der Waals surface area contributed by atoms with Crippen molar-refractivity contribution in [3.63, 3.8) is 0 Å². The Labute approximate surface area is 134 Å². The van der Waals surface area contributed by atoms with Crippen LogP contribution in [0, 0.1) is 0 Å². The van der Waals surface area contributed by atoms with Crippen molar-refractivity contribution in [2.24, 2.45) is 0 Å². The third-order valence-corrected chi connectivity index (χ3v) is 3.93. The second-order valence-electron chi connectivity index (χ2n) is 5.37. The van der Waals surface area contributed by atoms with Crippen molar-refractivity contribution in [1.82, 2.24) is 5.32 Å². The van der Waals surface area contributed by atoms with Gasteiger partial charge in [0.2, 0.25) is 5.91 Å². The Morgan fingerprint density at radius 3 is 2.48 bits per heavy atom. The Kier molecular flexibility index (Phi) is 4.28. The lowest BCUT2D eigenvalue weighted by Gasteiger charge is -2.17. The standard InChI is InChI=1S/C18H18N2O3/c1-23-15-9-7-13(8-10-15)17(21)19-16-11-12-20(18(16)22)14-5-3-2-4-6-14/h2-10,16H,11-12H2,1H3,(H,19,21)/t16-/m0/s1. The van der Waals surface area contributed by atoms with Gasteiger partial charge in [-0.1, -0.05) is 18.2 Å². The lowest BCUT2D eigenvalue weighted by Crippen LogP contribution is -2.41. The smallest absolute Gasteiger partial charge is 0.251 e. The maximum absolute atomic E-state index is 12.5. The van der Waals surface area contributed by atoms with E-state index in [1.807, 2.05) is 30.3 Å². The van der Waals surface area contributed by atoms with Gasteiger partial charge in [0.1, 0.15) is 11.8 Å². The van der Waals surface area contributed by atoms with E-state index in [2.05, 4.69) is 5.32 Å². The van der Waals surface area contributed by atoms with Gasteiger partial charge in [-0.3, -0.25) is 9.59 Å². The fourth-order valence-corrected chi connectivity index (χ4v) is 2.66. The molecule has 1 heterocycles. The number of hydrogen-bond donors (Lipinski definition) is 1. The molecule has 0 aromatic heterocycles. The molecule has 2 aromatic carbocycles. The molecule has 1 fully saturated rings. The topological polar surface area (TPSA) is 58.6 Å². The molecule has 0 radical (unpaired) electrons. The molecule has 5 heteroatoms. The van der Waals surface area contributed by atoms with E-state index in [-0.39, 0.29) is 11.8 Å². The van der Waals surface area contributed by atoms with E-state index < -0.39 is 6.04 Å². The Bertz CT molecular complexity index is 698. The van der Waals surface area contributed by atoms with Gasteiger partial charge >= 0.3 is 0 Å². The summed E-state index contributed by atoms with van der Waals surface area (Å²) in [4.78, 5) is 26.4. The number of para-hydroxylation sites is 1. The van der Waals surface area contributed by atoms with Gasteiger partial charge in [-0.05, 0) is 42.8 Å². The van der Waals surface area contributed by atoms with E-state index in [1.165, 1.54) is 0 Å². The molecule has 1 N–H and O–H groups in total. The highest BCUT2D eigenvalue weighted by Crippen LogP contribution is 2.21. The number of nitrogens with zero attached hydrogens (tertiary/aromatic N) is 1. The number of carbonyl (C=O) groups is 2. The van der Waals surface area contributed by atoms with E-state index >= 15 is 0 Å². The van der Waals surface area contributed by atoms with Gasteiger partial charge in [0.05, 0.1) is 7.11 Å². The minimum absolute atomic E-state index is 0.0712. The number of rotatable bonds is 4. The molecular formula is C18H18N2O3. The molecule has 5 nitrogen and oxygen atoms in total. The highest BCUT2D eigenvalue weighted by atomic mass is 16.5. The van der Waals surface area contributed by atoms with Gasteiger partial charge in [-0.25, -0.2) is 0 Å². The molecule has 1 atom stereocenters. The maximum atomic E-state index is 12.5. The number of nitrogens with one attached hydrogen (secondary N) is 1. The van der Waals surface area contributed by atoms with Crippen molar-refractivity contribution in [3.05, 3.63) is 60.2 Å². The van der Waals surface area contributed by atoms with E-state index in [9.17, 15) is 9.59 Å². The molecule has 1 aliphatic heterocycles. The van der Waals surface area contributed by atoms with E-state index in [1.54, 1.807) is 36.3 Å². The highest BCUT2D eigenvalue weighted by molar-refractivity contribution is 6.03. The fraction of sp³-hybridized carbons (Fsp3) is 0.222. The van der Waals surface area contributed by atoms with Crippen molar-refractivity contribution >= 4 is 17.5 Å². The van der Waals surface area contributed by atoms with E-state index in [4.69, 9.17) is 4.74 Å². The molecule has 0 bridgehead atoms. The predicted molar refractivity (Wildman–Crippen MR) is 87.7 cm³/mol. The first-order chi connectivity index (χ1) is 11.2. The van der Waals surface area contributed by atoms with Crippen molar-refractivity contribution in [3.8, 4) is 5.75 Å². The molecule has 2 aromatic rings. The SMILES string of the molecule is COc1ccc(C(=O)N[C@H]2CCN(c3ccccc3)C2=O)cc1. The molecule has 0 aliphatic carbocycles. The summed E-state index contributed by atoms with van der Waals surface area (Å²) < 4.78 is 5.07. The molecule has 118 valence electrons. The van der Waals surface area contributed by atoms with Crippen LogP contribution in [0.15, 0.2) is 54.6 Å². The first kappa shape index (κ1) is 15.1. The number of ether oxygens (including phenoxy) is 1. The number of carbonyl (C=O) groups excluding carboxylic acids is 2. The molecule has 0 saturated carbocycles. The Morgan fingerprint density at radius 2 is 1.83 bits per heavy atom. The summed E-state index contributed by atoms with van der Waals surface area (Å²) in [6, 6.07) is 15.8. The van der Waals surface area contributed by atoms with Gasteiger partial charge in [0.15, 0.2) is 0 Å². The number of methoxy groups -OCH3 is 1. The normalized spacial score (nSPS) is 17.2. The summed E-state index contributed by atoms with van der Waals surface area (Å²) in [5, 5.41) is 2.81. The Balaban J connectivity index is 1.66. The lowest BCUT2D eigenvalue weighted by molar-refractivity contribution is -0.118. The molecular weight excluding hydrogens is 292 g/mol. The number of hydrogen-bond acceptors (Lipinski definition) is 3. The summed E-state index contributed by atoms with van der Waals surface area (Å²) in [5.41, 5.74) is 1.37. The zero-order valence-corrected chi connectivity index (χ0v) is 12.9. The quantitative estimate of drug-likeness (QED) is 0.942. The van der Waals surface area contributed by atoms with Crippen LogP contribution in [0.2, 0.25) is 0 Å². The molecule has 0 unspecified atom stereocenters. The summed E-state index contributed by atoms with van der Waals surface area (Å²) in [6.07, 6.45) is 0.607. The van der Waals surface area contributed by atoms with Crippen LogP contribution in [-0.2, 0) is 4.79 Å². The zero-order chi connectivity index (χ0) is 16.2. The molecule has 1 saturated heterocycles. The minimum atomic E-state index is -0.482. The number of amides is 2. The fourth-order valence-electron chi connectivity index (χ4n) is 2.66. The van der Waals surface area contributed by atoms with Crippen LogP contribution in [0.5, 0.6) is 5.75 Å². The maximum Gasteiger partial charge on any atom is 0.251 e. The molecule has 2 amide bonds. The second kappa shape index (κ2) is 6.52. The largest absolute Gasteiger partial charge is 0.497 e. The Morgan fingerprint density at radius 1 is 1.13 bits per heavy atom. The average Bonchev–Trinajstić information content (AvgIpc) is 2.96. The van der Waals surface area contributed by atoms with Crippen LogP contribution < -0.4 is 15.0 Å². The molecule has 0 spiro atoms. The van der Waals surface area contributed by atoms with Gasteiger partial charge in [-0.15, -0.1) is 0 Å². The van der Waals surface area contributed by atoms with Crippen LogP contribution in [0.3, 0.4) is 0 Å². The first-order valence-corrected chi connectivity index (χ1v) is 7.50. The Hall–Kier alpha value is -2.82. The van der Waals surface area contributed by atoms with Crippen LogP contribution >= 0.6 is 0 Å². The monoisotopic (exact) mass is 310 g/mol. The third-order valence-electron chi connectivity index (χ3n) is 3.93. The van der Waals surface area contributed by atoms with E-state index in [0.29, 0.717) is 24.3 Å². The van der Waals surface area contributed by atoms with Gasteiger partial charge in [-0.2, -0.15) is 0 Å². The van der Waals surface area contributed by atoms with Crippen LogP contribution in [-0.4, -0.2) is 31.5 Å². The van der Waals surface area contributed by atoms with Gasteiger partial charge in [0.25, 0.3) is 5.91 Å². The number of anilines is 1. The predicted octanol–water partition coefficient (Wildman–Crippen LogP) is 2.23.